The molecule has 0 saturated heterocycles. The minimum absolute atomic E-state index is 0.276. The van der Waals surface area contributed by atoms with Crippen molar-refractivity contribution in [2.24, 2.45) is 0 Å². The van der Waals surface area contributed by atoms with Crippen LogP contribution in [0.3, 0.4) is 0 Å². The zero-order valence-electron chi connectivity index (χ0n) is 11.3. The molecule has 0 bridgehead atoms. The number of nitrogens with one attached hydrogen (secondary N) is 1. The van der Waals surface area contributed by atoms with E-state index in [0.717, 1.165) is 11.3 Å². The molecule has 6 heteroatoms. The van der Waals surface area contributed by atoms with Crippen LogP contribution in [0.1, 0.15) is 5.82 Å². The van der Waals surface area contributed by atoms with Crippen molar-refractivity contribution in [3.05, 3.63) is 66.7 Å². The number of sulfonamides is 1. The first-order chi connectivity index (χ1) is 10.2. The fourth-order valence-corrected chi connectivity index (χ4v) is 3.22. The second kappa shape index (κ2) is 5.67. The van der Waals surface area contributed by atoms with Gasteiger partial charge in [0.2, 0.25) is 10.0 Å². The van der Waals surface area contributed by atoms with Gasteiger partial charge in [-0.2, -0.15) is 0 Å². The van der Waals surface area contributed by atoms with Crippen LogP contribution in [0.5, 0.6) is 0 Å². The molecule has 0 unspecified atom stereocenters. The summed E-state index contributed by atoms with van der Waals surface area (Å²) in [6.07, 6.45) is 4.23. The van der Waals surface area contributed by atoms with Crippen LogP contribution in [0.4, 0.5) is 0 Å². The Balaban J connectivity index is 1.69. The second-order valence-electron chi connectivity index (χ2n) is 4.63. The van der Waals surface area contributed by atoms with E-state index in [1.165, 1.54) is 0 Å². The van der Waals surface area contributed by atoms with Crippen molar-refractivity contribution in [3.63, 3.8) is 0 Å². The fraction of sp³-hybridized carbons (Fsp3) is 0.133. The van der Waals surface area contributed by atoms with Crippen LogP contribution < -0.4 is 4.72 Å². The first-order valence-corrected chi connectivity index (χ1v) is 8.11. The number of aromatic nitrogens is 2. The quantitative estimate of drug-likeness (QED) is 0.782. The Morgan fingerprint density at radius 1 is 1.05 bits per heavy atom. The van der Waals surface area contributed by atoms with E-state index in [4.69, 9.17) is 0 Å². The molecule has 108 valence electrons. The zero-order valence-corrected chi connectivity index (χ0v) is 12.1. The van der Waals surface area contributed by atoms with Gasteiger partial charge in [0.15, 0.2) is 0 Å². The van der Waals surface area contributed by atoms with Crippen LogP contribution in [-0.2, 0) is 16.4 Å². The van der Waals surface area contributed by atoms with Crippen LogP contribution in [-0.4, -0.2) is 24.3 Å². The minimum atomic E-state index is -3.45. The van der Waals surface area contributed by atoms with Gasteiger partial charge in [0.25, 0.3) is 0 Å². The molecule has 2 aromatic heterocycles. The number of imidazole rings is 1. The molecule has 0 aliphatic rings. The summed E-state index contributed by atoms with van der Waals surface area (Å²) in [7, 11) is -3.45. The molecule has 0 radical (unpaired) electrons. The number of hydrogen-bond donors (Lipinski definition) is 1. The van der Waals surface area contributed by atoms with Crippen molar-refractivity contribution in [3.8, 4) is 0 Å². The molecule has 3 aromatic rings. The van der Waals surface area contributed by atoms with Crippen molar-refractivity contribution in [1.29, 1.82) is 0 Å². The number of fused-ring (bicyclic) bond motifs is 1. The van der Waals surface area contributed by atoms with Gasteiger partial charge in [-0.3, -0.25) is 0 Å². The average molecular weight is 301 g/mol. The molecule has 0 aliphatic heterocycles. The van der Waals surface area contributed by atoms with Crippen molar-refractivity contribution in [2.45, 2.75) is 11.3 Å². The minimum Gasteiger partial charge on any atom is -0.304 e. The van der Waals surface area contributed by atoms with Gasteiger partial charge >= 0.3 is 0 Å². The molecule has 1 aromatic carbocycles. The van der Waals surface area contributed by atoms with E-state index in [0.29, 0.717) is 13.0 Å². The maximum atomic E-state index is 12.1. The Kier molecular flexibility index (Phi) is 3.72. The average Bonchev–Trinajstić information content (AvgIpc) is 2.92. The van der Waals surface area contributed by atoms with Crippen molar-refractivity contribution in [2.75, 3.05) is 6.54 Å². The fourth-order valence-electron chi connectivity index (χ4n) is 2.16. The predicted molar refractivity (Wildman–Crippen MR) is 80.5 cm³/mol. The number of nitrogens with zero attached hydrogens (tertiary/aromatic N) is 2. The van der Waals surface area contributed by atoms with Crippen molar-refractivity contribution < 1.29 is 8.42 Å². The number of benzene rings is 1. The highest BCUT2D eigenvalue weighted by molar-refractivity contribution is 7.89. The van der Waals surface area contributed by atoms with Crippen LogP contribution >= 0.6 is 0 Å². The lowest BCUT2D eigenvalue weighted by molar-refractivity contribution is 0.581. The summed E-state index contributed by atoms with van der Waals surface area (Å²) >= 11 is 0. The largest absolute Gasteiger partial charge is 0.304 e. The van der Waals surface area contributed by atoms with Crippen LogP contribution in [0.2, 0.25) is 0 Å². The van der Waals surface area contributed by atoms with Gasteiger partial charge in [-0.1, -0.05) is 24.3 Å². The first-order valence-electron chi connectivity index (χ1n) is 6.62. The molecule has 0 spiro atoms. The lowest BCUT2D eigenvalue weighted by Crippen LogP contribution is -2.26. The summed E-state index contributed by atoms with van der Waals surface area (Å²) in [6, 6.07) is 14.2. The molecule has 2 heterocycles. The Morgan fingerprint density at radius 2 is 1.81 bits per heavy atom. The second-order valence-corrected chi connectivity index (χ2v) is 6.40. The van der Waals surface area contributed by atoms with E-state index in [9.17, 15) is 8.42 Å². The molecule has 0 amide bonds. The van der Waals surface area contributed by atoms with Crippen molar-refractivity contribution >= 4 is 15.5 Å². The standard InChI is InChI=1S/C15H15N3O2S/c19-21(20,14-7-2-1-3-8-14)17-10-9-15-16-12-13-6-4-5-11-18(13)15/h1-8,11-12,17H,9-10H2. The summed E-state index contributed by atoms with van der Waals surface area (Å²) in [5.41, 5.74) is 0.999. The lowest BCUT2D eigenvalue weighted by Gasteiger charge is -2.06. The van der Waals surface area contributed by atoms with Gasteiger partial charge in [-0.25, -0.2) is 18.1 Å². The highest BCUT2D eigenvalue weighted by Gasteiger charge is 2.13. The molecule has 0 atom stereocenters. The maximum Gasteiger partial charge on any atom is 0.240 e. The number of pyridine rings is 1. The topological polar surface area (TPSA) is 63.5 Å². The molecule has 0 saturated carbocycles. The van der Waals surface area contributed by atoms with E-state index in [1.807, 2.05) is 28.8 Å². The maximum absolute atomic E-state index is 12.1. The third kappa shape index (κ3) is 2.96. The molecule has 0 fully saturated rings. The number of rotatable bonds is 5. The summed E-state index contributed by atoms with van der Waals surface area (Å²) < 4.78 is 28.7. The van der Waals surface area contributed by atoms with Gasteiger partial charge < -0.3 is 4.40 Å². The monoisotopic (exact) mass is 301 g/mol. The van der Waals surface area contributed by atoms with Crippen LogP contribution in [0.15, 0.2) is 65.8 Å². The Bertz CT molecular complexity index is 841. The molecular formula is C15H15N3O2S. The first kappa shape index (κ1) is 13.8. The Hall–Kier alpha value is -2.18. The smallest absolute Gasteiger partial charge is 0.240 e. The van der Waals surface area contributed by atoms with E-state index in [2.05, 4.69) is 9.71 Å². The molecule has 3 rings (SSSR count). The SMILES string of the molecule is O=S(=O)(NCCc1ncc2ccccn12)c1ccccc1. The van der Waals surface area contributed by atoms with Crippen LogP contribution in [0.25, 0.3) is 5.52 Å². The van der Waals surface area contributed by atoms with Crippen molar-refractivity contribution in [1.82, 2.24) is 14.1 Å². The predicted octanol–water partition coefficient (Wildman–Crippen LogP) is 1.86. The summed E-state index contributed by atoms with van der Waals surface area (Å²) in [5.74, 6) is 0.835. The zero-order chi connectivity index (χ0) is 14.7. The van der Waals surface area contributed by atoms with Gasteiger partial charge in [-0.05, 0) is 24.3 Å². The van der Waals surface area contributed by atoms with Gasteiger partial charge in [0.1, 0.15) is 5.82 Å². The molecule has 5 nitrogen and oxygen atoms in total. The highest BCUT2D eigenvalue weighted by atomic mass is 32.2. The number of hydrogen-bond acceptors (Lipinski definition) is 3. The summed E-state index contributed by atoms with van der Waals surface area (Å²) in [4.78, 5) is 4.59. The third-order valence-corrected chi connectivity index (χ3v) is 4.69. The third-order valence-electron chi connectivity index (χ3n) is 3.21. The molecule has 21 heavy (non-hydrogen) atoms. The Morgan fingerprint density at radius 3 is 2.62 bits per heavy atom. The van der Waals surface area contributed by atoms with E-state index >= 15 is 0 Å². The lowest BCUT2D eigenvalue weighted by atomic mass is 10.4. The van der Waals surface area contributed by atoms with E-state index in [1.54, 1.807) is 36.5 Å². The summed E-state index contributed by atoms with van der Waals surface area (Å²) in [5, 5.41) is 0. The summed E-state index contributed by atoms with van der Waals surface area (Å²) in [6.45, 7) is 0.311. The molecule has 0 aliphatic carbocycles. The molecular weight excluding hydrogens is 286 g/mol. The Labute approximate surface area is 123 Å². The van der Waals surface area contributed by atoms with Gasteiger partial charge in [-0.15, -0.1) is 0 Å². The van der Waals surface area contributed by atoms with Gasteiger partial charge in [0.05, 0.1) is 16.6 Å². The van der Waals surface area contributed by atoms with Gasteiger partial charge in [0, 0.05) is 19.2 Å². The van der Waals surface area contributed by atoms with E-state index in [-0.39, 0.29) is 4.90 Å². The van der Waals surface area contributed by atoms with E-state index < -0.39 is 10.0 Å². The molecule has 1 N–H and O–H groups in total. The van der Waals surface area contributed by atoms with Crippen LogP contribution in [0, 0.1) is 0 Å². The normalized spacial score (nSPS) is 11.8. The highest BCUT2D eigenvalue weighted by Crippen LogP contribution is 2.08.